The van der Waals surface area contributed by atoms with Crippen LogP contribution < -0.4 is 0 Å². The summed E-state index contributed by atoms with van der Waals surface area (Å²) in [5, 5.41) is 0. The van der Waals surface area contributed by atoms with E-state index in [9.17, 15) is 18.4 Å². The molecule has 2 unspecified atom stereocenters. The van der Waals surface area contributed by atoms with E-state index in [4.69, 9.17) is 0 Å². The molecular formula is C11H15F2NO2. The van der Waals surface area contributed by atoms with E-state index < -0.39 is 12.3 Å². The van der Waals surface area contributed by atoms with E-state index in [1.165, 1.54) is 4.90 Å². The van der Waals surface area contributed by atoms with Crippen LogP contribution in [0.25, 0.3) is 0 Å². The third-order valence-electron chi connectivity index (χ3n) is 3.59. The van der Waals surface area contributed by atoms with E-state index in [2.05, 4.69) is 0 Å². The van der Waals surface area contributed by atoms with Gasteiger partial charge in [0.15, 0.2) is 0 Å². The molecule has 5 heteroatoms. The Bertz CT molecular complexity index is 306. The second-order valence-electron chi connectivity index (χ2n) is 4.51. The third kappa shape index (κ3) is 1.95. The molecule has 2 atom stereocenters. The van der Waals surface area contributed by atoms with E-state index in [1.807, 2.05) is 0 Å². The molecule has 0 aromatic heterocycles. The minimum absolute atomic E-state index is 0.138. The number of halogens is 2. The number of hydrogen-bond acceptors (Lipinski definition) is 2. The number of carbonyl (C=O) groups is 2. The number of ketones is 1. The van der Waals surface area contributed by atoms with Crippen molar-refractivity contribution >= 4 is 11.7 Å². The lowest BCUT2D eigenvalue weighted by molar-refractivity contribution is -0.145. The van der Waals surface area contributed by atoms with Gasteiger partial charge in [-0.3, -0.25) is 9.59 Å². The first kappa shape index (κ1) is 11.5. The van der Waals surface area contributed by atoms with Crippen molar-refractivity contribution in [3.63, 3.8) is 0 Å². The molecule has 0 bridgehead atoms. The first-order valence-electron chi connectivity index (χ1n) is 5.72. The smallest absolute Gasteiger partial charge is 0.315 e. The summed E-state index contributed by atoms with van der Waals surface area (Å²) in [4.78, 5) is 24.1. The van der Waals surface area contributed by atoms with Gasteiger partial charge < -0.3 is 4.90 Å². The Morgan fingerprint density at radius 2 is 2.06 bits per heavy atom. The summed E-state index contributed by atoms with van der Waals surface area (Å²) in [5.41, 5.74) is 0. The van der Waals surface area contributed by atoms with Gasteiger partial charge in [0.2, 0.25) is 0 Å². The van der Waals surface area contributed by atoms with E-state index in [0.717, 1.165) is 19.3 Å². The lowest BCUT2D eigenvalue weighted by Gasteiger charge is -2.28. The van der Waals surface area contributed by atoms with Crippen LogP contribution in [0.1, 0.15) is 32.1 Å². The Morgan fingerprint density at radius 1 is 1.31 bits per heavy atom. The quantitative estimate of drug-likeness (QED) is 0.724. The maximum atomic E-state index is 12.4. The van der Waals surface area contributed by atoms with Crippen LogP contribution in [0.2, 0.25) is 0 Å². The highest BCUT2D eigenvalue weighted by Crippen LogP contribution is 2.33. The number of likely N-dealkylation sites (tertiary alicyclic amines) is 1. The largest absolute Gasteiger partial charge is 0.334 e. The van der Waals surface area contributed by atoms with Gasteiger partial charge in [-0.15, -0.1) is 0 Å². The molecule has 0 aromatic rings. The molecule has 16 heavy (non-hydrogen) atoms. The van der Waals surface area contributed by atoms with Crippen molar-refractivity contribution in [2.45, 2.75) is 44.6 Å². The summed E-state index contributed by atoms with van der Waals surface area (Å²) < 4.78 is 24.7. The van der Waals surface area contributed by atoms with Crippen LogP contribution in [0.15, 0.2) is 0 Å². The molecule has 0 N–H and O–H groups in total. The Hall–Kier alpha value is -1.00. The molecule has 0 spiro atoms. The lowest BCUT2D eigenvalue weighted by atomic mass is 9.95. The first-order valence-corrected chi connectivity index (χ1v) is 5.72. The second kappa shape index (κ2) is 4.47. The molecule has 1 saturated carbocycles. The maximum Gasteiger partial charge on any atom is 0.315 e. The van der Waals surface area contributed by atoms with E-state index in [1.54, 1.807) is 0 Å². The predicted molar refractivity (Wildman–Crippen MR) is 53.1 cm³/mol. The van der Waals surface area contributed by atoms with Crippen LogP contribution in [0, 0.1) is 5.92 Å². The lowest BCUT2D eigenvalue weighted by Crippen LogP contribution is -2.44. The molecule has 1 amide bonds. The topological polar surface area (TPSA) is 37.4 Å². The Kier molecular flexibility index (Phi) is 3.21. The van der Waals surface area contributed by atoms with Crippen molar-refractivity contribution < 1.29 is 18.4 Å². The molecule has 90 valence electrons. The van der Waals surface area contributed by atoms with Gasteiger partial charge in [-0.1, -0.05) is 0 Å². The Morgan fingerprint density at radius 3 is 2.62 bits per heavy atom. The fraction of sp³-hybridized carbons (Fsp3) is 0.818. The van der Waals surface area contributed by atoms with Crippen LogP contribution in [0.3, 0.4) is 0 Å². The highest BCUT2D eigenvalue weighted by atomic mass is 19.3. The van der Waals surface area contributed by atoms with Gasteiger partial charge >= 0.3 is 6.43 Å². The molecule has 2 rings (SSSR count). The SMILES string of the molecule is O=C1CCCC1C1CCCN1C(=O)C(F)F. The zero-order chi connectivity index (χ0) is 11.7. The predicted octanol–water partition coefficient (Wildman–Crippen LogP) is 1.61. The molecule has 3 nitrogen and oxygen atoms in total. The van der Waals surface area contributed by atoms with Gasteiger partial charge in [0.1, 0.15) is 5.78 Å². The Labute approximate surface area is 92.8 Å². The van der Waals surface area contributed by atoms with Crippen LogP contribution >= 0.6 is 0 Å². The van der Waals surface area contributed by atoms with Crippen LogP contribution in [-0.4, -0.2) is 35.6 Å². The van der Waals surface area contributed by atoms with Crippen LogP contribution in [0.5, 0.6) is 0 Å². The molecule has 0 radical (unpaired) electrons. The summed E-state index contributed by atoms with van der Waals surface area (Å²) in [6.45, 7) is 0.373. The maximum absolute atomic E-state index is 12.4. The molecule has 1 aliphatic carbocycles. The minimum Gasteiger partial charge on any atom is -0.334 e. The van der Waals surface area contributed by atoms with Crippen LogP contribution in [-0.2, 0) is 9.59 Å². The van der Waals surface area contributed by atoms with Gasteiger partial charge in [0, 0.05) is 24.9 Å². The first-order chi connectivity index (χ1) is 7.61. The third-order valence-corrected chi connectivity index (χ3v) is 3.59. The summed E-state index contributed by atoms with van der Waals surface area (Å²) >= 11 is 0. The van der Waals surface area contributed by atoms with Crippen LogP contribution in [0.4, 0.5) is 8.78 Å². The molecule has 1 heterocycles. The number of amides is 1. The van der Waals surface area contributed by atoms with E-state index in [0.29, 0.717) is 19.4 Å². The molecule has 1 saturated heterocycles. The highest BCUT2D eigenvalue weighted by Gasteiger charge is 2.41. The fourth-order valence-corrected chi connectivity index (χ4v) is 2.86. The molecule has 2 aliphatic rings. The minimum atomic E-state index is -2.95. The normalized spacial score (nSPS) is 30.4. The number of alkyl halides is 2. The fourth-order valence-electron chi connectivity index (χ4n) is 2.86. The Balaban J connectivity index is 2.08. The van der Waals surface area contributed by atoms with E-state index in [-0.39, 0.29) is 17.7 Å². The summed E-state index contributed by atoms with van der Waals surface area (Å²) in [5.74, 6) is -1.16. The zero-order valence-electron chi connectivity index (χ0n) is 8.99. The zero-order valence-corrected chi connectivity index (χ0v) is 8.99. The molecular weight excluding hydrogens is 216 g/mol. The van der Waals surface area contributed by atoms with Crippen molar-refractivity contribution in [3.05, 3.63) is 0 Å². The monoisotopic (exact) mass is 231 g/mol. The average Bonchev–Trinajstić information content (AvgIpc) is 2.84. The molecule has 1 aliphatic heterocycles. The number of nitrogens with zero attached hydrogens (tertiary/aromatic N) is 1. The van der Waals surface area contributed by atoms with Crippen molar-refractivity contribution in [2.75, 3.05) is 6.54 Å². The summed E-state index contributed by atoms with van der Waals surface area (Å²) in [6.07, 6.45) is 0.587. The van der Waals surface area contributed by atoms with Gasteiger partial charge in [0.05, 0.1) is 0 Å². The van der Waals surface area contributed by atoms with Gasteiger partial charge in [0.25, 0.3) is 5.91 Å². The van der Waals surface area contributed by atoms with Crippen molar-refractivity contribution in [3.8, 4) is 0 Å². The number of hydrogen-bond donors (Lipinski definition) is 0. The molecule has 2 fully saturated rings. The number of carbonyl (C=O) groups excluding carboxylic acids is 2. The number of rotatable bonds is 2. The standard InChI is InChI=1S/C11H15F2NO2/c12-10(13)11(16)14-6-2-4-8(14)7-3-1-5-9(7)15/h7-8,10H,1-6H2. The highest BCUT2D eigenvalue weighted by molar-refractivity contribution is 5.85. The van der Waals surface area contributed by atoms with Gasteiger partial charge in [-0.25, -0.2) is 0 Å². The number of Topliss-reactive ketones (excluding diaryl/α,β-unsaturated/α-hetero) is 1. The molecule has 0 aromatic carbocycles. The van der Waals surface area contributed by atoms with Crippen molar-refractivity contribution in [1.82, 2.24) is 4.90 Å². The van der Waals surface area contributed by atoms with Gasteiger partial charge in [-0.2, -0.15) is 8.78 Å². The van der Waals surface area contributed by atoms with Crippen molar-refractivity contribution in [2.24, 2.45) is 5.92 Å². The van der Waals surface area contributed by atoms with Gasteiger partial charge in [-0.05, 0) is 25.7 Å². The van der Waals surface area contributed by atoms with E-state index >= 15 is 0 Å². The second-order valence-corrected chi connectivity index (χ2v) is 4.51. The average molecular weight is 231 g/mol. The summed E-state index contributed by atoms with van der Waals surface area (Å²) in [7, 11) is 0. The summed E-state index contributed by atoms with van der Waals surface area (Å²) in [6, 6.07) is -0.267. The van der Waals surface area contributed by atoms with Crippen molar-refractivity contribution in [1.29, 1.82) is 0 Å².